The zero-order valence-electron chi connectivity index (χ0n) is 8.09. The minimum atomic E-state index is -1.62. The molecule has 14 heavy (non-hydrogen) atoms. The van der Waals surface area contributed by atoms with Gasteiger partial charge in [-0.2, -0.15) is 0 Å². The third-order valence-electron chi connectivity index (χ3n) is 1.86. The highest BCUT2D eigenvalue weighted by Gasteiger charge is 2.26. The first-order valence-corrected chi connectivity index (χ1v) is 9.10. The Morgan fingerprint density at radius 1 is 0.857 bits per heavy atom. The summed E-state index contributed by atoms with van der Waals surface area (Å²) in [5.41, 5.74) is 0. The van der Waals surface area contributed by atoms with E-state index in [2.05, 4.69) is 19.6 Å². The third kappa shape index (κ3) is 2.39. The van der Waals surface area contributed by atoms with Crippen LogP contribution in [0.1, 0.15) is 0 Å². The summed E-state index contributed by atoms with van der Waals surface area (Å²) in [6.07, 6.45) is 0. The van der Waals surface area contributed by atoms with Crippen LogP contribution < -0.4 is 5.19 Å². The van der Waals surface area contributed by atoms with Gasteiger partial charge in [-0.05, 0) is 11.3 Å². The second kappa shape index (κ2) is 4.23. The molecule has 0 radical (unpaired) electrons. The molecule has 0 saturated carbocycles. The van der Waals surface area contributed by atoms with E-state index in [9.17, 15) is 0 Å². The molecule has 5 heteroatoms. The summed E-state index contributed by atoms with van der Waals surface area (Å²) in [7, 11) is -1.62. The van der Waals surface area contributed by atoms with Crippen LogP contribution in [-0.2, 0) is 0 Å². The van der Waals surface area contributed by atoms with Crippen LogP contribution >= 0.6 is 46.4 Å². The van der Waals surface area contributed by atoms with Gasteiger partial charge in [-0.3, -0.25) is 0 Å². The number of hydrogen-bond donors (Lipinski definition) is 0. The molecule has 0 saturated heterocycles. The Labute approximate surface area is 105 Å². The van der Waals surface area contributed by atoms with Gasteiger partial charge in [0, 0.05) is 0 Å². The lowest BCUT2D eigenvalue weighted by molar-refractivity contribution is 1.67. The largest absolute Gasteiger partial charge is 0.0828 e. The minimum Gasteiger partial charge on any atom is -0.0828 e. The summed E-state index contributed by atoms with van der Waals surface area (Å²) in [5.74, 6) is 0. The zero-order valence-corrected chi connectivity index (χ0v) is 12.1. The fourth-order valence-corrected chi connectivity index (χ4v) is 5.49. The van der Waals surface area contributed by atoms with E-state index in [-0.39, 0.29) is 0 Å². The highest BCUT2D eigenvalue weighted by atomic mass is 35.5. The van der Waals surface area contributed by atoms with Gasteiger partial charge in [0.05, 0.1) is 28.2 Å². The molecule has 0 unspecified atom stereocenters. The SMILES string of the molecule is C[Si](C)(C)c1c(Cl)c(Cl)cc(Cl)c1Cl. The number of hydrogen-bond acceptors (Lipinski definition) is 0. The van der Waals surface area contributed by atoms with Gasteiger partial charge in [-0.25, -0.2) is 0 Å². The lowest BCUT2D eigenvalue weighted by Gasteiger charge is -2.21. The molecule has 1 rings (SSSR count). The maximum absolute atomic E-state index is 6.11. The maximum atomic E-state index is 6.11. The molecular formula is C9H10Cl4Si. The highest BCUT2D eigenvalue weighted by molar-refractivity contribution is 6.92. The normalized spacial score (nSPS) is 11.9. The van der Waals surface area contributed by atoms with Gasteiger partial charge < -0.3 is 0 Å². The van der Waals surface area contributed by atoms with E-state index in [1.165, 1.54) is 0 Å². The lowest BCUT2D eigenvalue weighted by Crippen LogP contribution is -2.39. The van der Waals surface area contributed by atoms with Crippen LogP contribution in [0.15, 0.2) is 6.07 Å². The maximum Gasteiger partial charge on any atom is 0.0816 e. The van der Waals surface area contributed by atoms with E-state index in [4.69, 9.17) is 46.4 Å². The Kier molecular flexibility index (Phi) is 3.82. The Bertz CT molecular complexity index is 342. The second-order valence-corrected chi connectivity index (χ2v) is 10.7. The van der Waals surface area contributed by atoms with Crippen LogP contribution in [-0.4, -0.2) is 8.07 Å². The molecule has 0 aliphatic heterocycles. The van der Waals surface area contributed by atoms with E-state index in [1.807, 2.05) is 0 Å². The van der Waals surface area contributed by atoms with Crippen molar-refractivity contribution >= 4 is 59.7 Å². The molecule has 0 aliphatic carbocycles. The van der Waals surface area contributed by atoms with Crippen molar-refractivity contribution in [2.75, 3.05) is 0 Å². The van der Waals surface area contributed by atoms with Gasteiger partial charge in [0.2, 0.25) is 0 Å². The molecule has 0 bridgehead atoms. The first-order chi connectivity index (χ1) is 6.25. The third-order valence-corrected chi connectivity index (χ3v) is 5.75. The first-order valence-electron chi connectivity index (χ1n) is 4.08. The van der Waals surface area contributed by atoms with Crippen molar-refractivity contribution in [1.29, 1.82) is 0 Å². The fraction of sp³-hybridized carbons (Fsp3) is 0.333. The van der Waals surface area contributed by atoms with E-state index in [1.54, 1.807) is 6.07 Å². The van der Waals surface area contributed by atoms with Crippen LogP contribution in [0.3, 0.4) is 0 Å². The molecule has 78 valence electrons. The standard InChI is InChI=1S/C9H10Cl4Si/c1-14(2,3)9-7(12)5(10)4-6(11)8(9)13/h4H,1-3H3. The fourth-order valence-electron chi connectivity index (χ4n) is 1.23. The Morgan fingerprint density at radius 2 is 1.21 bits per heavy atom. The zero-order chi connectivity index (χ0) is 11.1. The first kappa shape index (κ1) is 12.7. The van der Waals surface area contributed by atoms with Crippen molar-refractivity contribution in [2.45, 2.75) is 19.6 Å². The molecule has 1 aromatic rings. The smallest absolute Gasteiger partial charge is 0.0816 e. The molecule has 0 aliphatic rings. The van der Waals surface area contributed by atoms with E-state index >= 15 is 0 Å². The number of rotatable bonds is 1. The predicted molar refractivity (Wildman–Crippen MR) is 69.5 cm³/mol. The van der Waals surface area contributed by atoms with Gasteiger partial charge in [-0.15, -0.1) is 0 Å². The Hall–Kier alpha value is 0.597. The Morgan fingerprint density at radius 3 is 1.50 bits per heavy atom. The van der Waals surface area contributed by atoms with Crippen LogP contribution in [0.4, 0.5) is 0 Å². The van der Waals surface area contributed by atoms with Crippen molar-refractivity contribution in [2.24, 2.45) is 0 Å². The average Bonchev–Trinajstić information content (AvgIpc) is 1.98. The lowest BCUT2D eigenvalue weighted by atomic mass is 10.3. The molecule has 0 atom stereocenters. The van der Waals surface area contributed by atoms with Gasteiger partial charge in [0.1, 0.15) is 0 Å². The van der Waals surface area contributed by atoms with Crippen LogP contribution in [0.5, 0.6) is 0 Å². The number of halogens is 4. The predicted octanol–water partition coefficient (Wildman–Crippen LogP) is 4.85. The molecule has 0 aromatic heterocycles. The Balaban J connectivity index is 3.56. The average molecular weight is 288 g/mol. The topological polar surface area (TPSA) is 0 Å². The van der Waals surface area contributed by atoms with Crippen LogP contribution in [0, 0.1) is 0 Å². The summed E-state index contributed by atoms with van der Waals surface area (Å²) in [6.45, 7) is 6.44. The van der Waals surface area contributed by atoms with Gasteiger partial charge >= 0.3 is 0 Å². The van der Waals surface area contributed by atoms with E-state index in [0.717, 1.165) is 5.19 Å². The quantitative estimate of drug-likeness (QED) is 0.512. The van der Waals surface area contributed by atoms with Crippen LogP contribution in [0.25, 0.3) is 0 Å². The monoisotopic (exact) mass is 286 g/mol. The van der Waals surface area contributed by atoms with Gasteiger partial charge in [-0.1, -0.05) is 66.0 Å². The summed E-state index contributed by atoms with van der Waals surface area (Å²) < 4.78 is 0. The molecular weight excluding hydrogens is 278 g/mol. The van der Waals surface area contributed by atoms with E-state index < -0.39 is 8.07 Å². The van der Waals surface area contributed by atoms with E-state index in [0.29, 0.717) is 20.1 Å². The van der Waals surface area contributed by atoms with Crippen molar-refractivity contribution in [3.05, 3.63) is 26.2 Å². The molecule has 0 amide bonds. The minimum absolute atomic E-state index is 0.471. The summed E-state index contributed by atoms with van der Waals surface area (Å²) in [6, 6.07) is 1.58. The van der Waals surface area contributed by atoms with Crippen molar-refractivity contribution in [3.8, 4) is 0 Å². The molecule has 0 heterocycles. The van der Waals surface area contributed by atoms with Gasteiger partial charge in [0.15, 0.2) is 0 Å². The molecule has 0 fully saturated rings. The van der Waals surface area contributed by atoms with Gasteiger partial charge in [0.25, 0.3) is 0 Å². The van der Waals surface area contributed by atoms with Crippen LogP contribution in [0.2, 0.25) is 39.7 Å². The molecule has 0 spiro atoms. The second-order valence-electron chi connectivity index (χ2n) is 4.09. The molecule has 0 N–H and O–H groups in total. The molecule has 1 aromatic carbocycles. The summed E-state index contributed by atoms with van der Waals surface area (Å²) >= 11 is 24.1. The summed E-state index contributed by atoms with van der Waals surface area (Å²) in [5, 5.41) is 2.95. The van der Waals surface area contributed by atoms with Crippen molar-refractivity contribution in [3.63, 3.8) is 0 Å². The van der Waals surface area contributed by atoms with Crippen molar-refractivity contribution < 1.29 is 0 Å². The highest BCUT2D eigenvalue weighted by Crippen LogP contribution is 2.32. The molecule has 0 nitrogen and oxygen atoms in total. The number of benzene rings is 1. The van der Waals surface area contributed by atoms with Crippen molar-refractivity contribution in [1.82, 2.24) is 0 Å². The summed E-state index contributed by atoms with van der Waals surface area (Å²) in [4.78, 5) is 0.